The molecule has 2 N–H and O–H groups in total. The molecule has 0 saturated heterocycles. The van der Waals surface area contributed by atoms with Gasteiger partial charge in [0.15, 0.2) is 0 Å². The maximum Gasteiger partial charge on any atom is 0.371 e. The van der Waals surface area contributed by atoms with Gasteiger partial charge >= 0.3 is 7.60 Å². The van der Waals surface area contributed by atoms with Gasteiger partial charge in [0, 0.05) is 0 Å². The number of hydrogen-bond acceptors (Lipinski definition) is 6. The van der Waals surface area contributed by atoms with Gasteiger partial charge in [-0.25, -0.2) is 13.6 Å². The van der Waals surface area contributed by atoms with Crippen molar-refractivity contribution >= 4 is 33.6 Å². The summed E-state index contributed by atoms with van der Waals surface area (Å²) in [5.74, 6) is 0. The van der Waals surface area contributed by atoms with Gasteiger partial charge in [0.05, 0.1) is 13.2 Å². The lowest BCUT2D eigenvalue weighted by atomic mass is 10.7. The molecule has 0 radical (unpaired) electrons. The second kappa shape index (κ2) is 5.60. The summed E-state index contributed by atoms with van der Waals surface area (Å²) in [7, 11) is -7.21. The van der Waals surface area contributed by atoms with E-state index in [0.717, 1.165) is 11.3 Å². The number of rotatable bonds is 6. The predicted molar refractivity (Wildman–Crippen MR) is 66.2 cm³/mol. The van der Waals surface area contributed by atoms with Crippen molar-refractivity contribution in [3.8, 4) is 0 Å². The van der Waals surface area contributed by atoms with E-state index in [2.05, 4.69) is 0 Å². The first-order chi connectivity index (χ1) is 7.83. The molecule has 0 unspecified atom stereocenters. The lowest BCUT2D eigenvalue weighted by Crippen LogP contribution is -2.10. The quantitative estimate of drug-likeness (QED) is 0.798. The Bertz CT molecular complexity index is 514. The molecule has 6 nitrogen and oxygen atoms in total. The molecular weight excluding hydrogens is 285 g/mol. The Morgan fingerprint density at radius 2 is 1.82 bits per heavy atom. The van der Waals surface area contributed by atoms with E-state index < -0.39 is 17.6 Å². The van der Waals surface area contributed by atoms with Gasteiger partial charge in [0.2, 0.25) is 10.0 Å². The van der Waals surface area contributed by atoms with Crippen molar-refractivity contribution < 1.29 is 22.0 Å². The van der Waals surface area contributed by atoms with Gasteiger partial charge in [-0.15, -0.1) is 11.3 Å². The number of sulfonamides is 1. The Labute approximate surface area is 104 Å². The molecule has 0 bridgehead atoms. The van der Waals surface area contributed by atoms with Crippen LogP contribution in [0.2, 0.25) is 0 Å². The fourth-order valence-corrected chi connectivity index (χ4v) is 5.09. The minimum atomic E-state index is -3.79. The highest BCUT2D eigenvalue weighted by Crippen LogP contribution is 2.48. The van der Waals surface area contributed by atoms with Gasteiger partial charge in [-0.3, -0.25) is 4.57 Å². The molecular formula is C8H14NO5PS2. The summed E-state index contributed by atoms with van der Waals surface area (Å²) in [4.78, 5) is 0. The Morgan fingerprint density at radius 3 is 2.18 bits per heavy atom. The molecule has 1 rings (SSSR count). The third kappa shape index (κ3) is 3.61. The minimum Gasteiger partial charge on any atom is -0.305 e. The van der Waals surface area contributed by atoms with E-state index in [1.165, 1.54) is 12.1 Å². The summed E-state index contributed by atoms with van der Waals surface area (Å²) in [6.45, 7) is 3.78. The minimum absolute atomic E-state index is 0.0628. The van der Waals surface area contributed by atoms with Crippen LogP contribution in [0.1, 0.15) is 13.8 Å². The zero-order valence-electron chi connectivity index (χ0n) is 9.45. The molecule has 0 atom stereocenters. The molecule has 0 fully saturated rings. The molecule has 0 aromatic carbocycles. The SMILES string of the molecule is CCOP(=O)(OCC)c1ccc(S(N)(=O)=O)s1. The molecule has 1 aromatic heterocycles. The number of nitrogens with two attached hydrogens (primary N) is 1. The van der Waals surface area contributed by atoms with Crippen LogP contribution in [0.3, 0.4) is 0 Å². The molecule has 0 aliphatic heterocycles. The molecule has 9 heteroatoms. The first-order valence-electron chi connectivity index (χ1n) is 4.85. The highest BCUT2D eigenvalue weighted by atomic mass is 32.2. The van der Waals surface area contributed by atoms with Crippen LogP contribution >= 0.6 is 18.9 Å². The van der Waals surface area contributed by atoms with E-state index in [-0.39, 0.29) is 22.0 Å². The third-order valence-electron chi connectivity index (χ3n) is 1.72. The molecule has 0 saturated carbocycles. The zero-order valence-corrected chi connectivity index (χ0v) is 12.0. The Kier molecular flexibility index (Phi) is 4.88. The van der Waals surface area contributed by atoms with E-state index in [4.69, 9.17) is 14.2 Å². The Hall–Kier alpha value is -0.240. The Balaban J connectivity index is 3.13. The van der Waals surface area contributed by atoms with E-state index in [1.54, 1.807) is 13.8 Å². The van der Waals surface area contributed by atoms with Crippen molar-refractivity contribution in [2.45, 2.75) is 18.1 Å². The van der Waals surface area contributed by atoms with Crippen LogP contribution in [0, 0.1) is 0 Å². The molecule has 98 valence electrons. The first kappa shape index (κ1) is 14.8. The van der Waals surface area contributed by atoms with Crippen molar-refractivity contribution in [1.82, 2.24) is 0 Å². The lowest BCUT2D eigenvalue weighted by Gasteiger charge is -2.14. The lowest BCUT2D eigenvalue weighted by molar-refractivity contribution is 0.230. The van der Waals surface area contributed by atoms with Crippen molar-refractivity contribution in [2.24, 2.45) is 5.14 Å². The fraction of sp³-hybridized carbons (Fsp3) is 0.500. The second-order valence-electron chi connectivity index (χ2n) is 2.97. The van der Waals surface area contributed by atoms with Crippen LogP contribution in [0.5, 0.6) is 0 Å². The summed E-state index contributed by atoms with van der Waals surface area (Å²) in [5, 5.41) is 4.97. The molecule has 0 aliphatic rings. The highest BCUT2D eigenvalue weighted by Gasteiger charge is 2.30. The van der Waals surface area contributed by atoms with Crippen LogP contribution in [-0.2, 0) is 23.6 Å². The normalized spacial score (nSPS) is 12.9. The van der Waals surface area contributed by atoms with Crippen LogP contribution in [0.25, 0.3) is 0 Å². The number of thiophene rings is 1. The fourth-order valence-electron chi connectivity index (χ4n) is 1.11. The maximum absolute atomic E-state index is 12.3. The average molecular weight is 299 g/mol. The second-order valence-corrected chi connectivity index (χ2v) is 8.14. The first-order valence-corrected chi connectivity index (χ1v) is 8.76. The molecule has 0 amide bonds. The topological polar surface area (TPSA) is 95.7 Å². The van der Waals surface area contributed by atoms with E-state index >= 15 is 0 Å². The van der Waals surface area contributed by atoms with Crippen molar-refractivity contribution in [1.29, 1.82) is 0 Å². The van der Waals surface area contributed by atoms with Gasteiger partial charge in [0.1, 0.15) is 8.83 Å². The molecule has 1 heterocycles. The van der Waals surface area contributed by atoms with Crippen LogP contribution < -0.4 is 9.76 Å². The molecule has 17 heavy (non-hydrogen) atoms. The number of primary sulfonamides is 1. The third-order valence-corrected chi connectivity index (χ3v) is 6.87. The van der Waals surface area contributed by atoms with Gasteiger partial charge in [-0.05, 0) is 26.0 Å². The van der Waals surface area contributed by atoms with Gasteiger partial charge in [0.25, 0.3) is 0 Å². The largest absolute Gasteiger partial charge is 0.371 e. The maximum atomic E-state index is 12.3. The van der Waals surface area contributed by atoms with Crippen molar-refractivity contribution in [3.63, 3.8) is 0 Å². The van der Waals surface area contributed by atoms with E-state index in [9.17, 15) is 13.0 Å². The van der Waals surface area contributed by atoms with Crippen LogP contribution in [0.4, 0.5) is 0 Å². The number of hydrogen-bond donors (Lipinski definition) is 1. The summed E-state index contributed by atoms with van der Waals surface area (Å²) in [6, 6.07) is 2.69. The predicted octanol–water partition coefficient (Wildman–Crippen LogP) is 1.29. The van der Waals surface area contributed by atoms with E-state index in [1.807, 2.05) is 0 Å². The highest BCUT2D eigenvalue weighted by molar-refractivity contribution is 7.91. The van der Waals surface area contributed by atoms with Gasteiger partial charge in [-0.2, -0.15) is 0 Å². The van der Waals surface area contributed by atoms with Crippen LogP contribution in [0.15, 0.2) is 16.3 Å². The van der Waals surface area contributed by atoms with Crippen LogP contribution in [-0.4, -0.2) is 21.6 Å². The standard InChI is InChI=1S/C8H14NO5PS2/c1-3-13-15(10,14-4-2)7-5-6-8(16-7)17(9,11)12/h5-6H,3-4H2,1-2H3,(H2,9,11,12). The molecule has 1 aromatic rings. The summed E-state index contributed by atoms with van der Waals surface area (Å²) in [6.07, 6.45) is 0. The van der Waals surface area contributed by atoms with Gasteiger partial charge in [-0.1, -0.05) is 0 Å². The summed E-state index contributed by atoms with van der Waals surface area (Å²) in [5.41, 5.74) is 0. The zero-order chi connectivity index (χ0) is 13.1. The molecule has 0 spiro atoms. The Morgan fingerprint density at radius 1 is 1.29 bits per heavy atom. The monoisotopic (exact) mass is 299 g/mol. The van der Waals surface area contributed by atoms with Crippen molar-refractivity contribution in [3.05, 3.63) is 12.1 Å². The molecule has 0 aliphatic carbocycles. The smallest absolute Gasteiger partial charge is 0.305 e. The summed E-state index contributed by atoms with van der Waals surface area (Å²) < 4.78 is 44.9. The van der Waals surface area contributed by atoms with Crippen molar-refractivity contribution in [2.75, 3.05) is 13.2 Å². The average Bonchev–Trinajstić information content (AvgIpc) is 2.66. The van der Waals surface area contributed by atoms with E-state index in [0.29, 0.717) is 0 Å². The van der Waals surface area contributed by atoms with Gasteiger partial charge < -0.3 is 9.05 Å². The summed E-state index contributed by atoms with van der Waals surface area (Å²) >= 11 is 0.801.